The molecule has 0 unspecified atom stereocenters. The number of nitrogens with one attached hydrogen (secondary N) is 2. The van der Waals surface area contributed by atoms with Gasteiger partial charge in [-0.2, -0.15) is 15.6 Å². The van der Waals surface area contributed by atoms with Gasteiger partial charge in [-0.25, -0.2) is 0 Å². The molecule has 0 bridgehead atoms. The number of carbonyl (C=O) groups excluding carboxylic acids is 1. The quantitative estimate of drug-likeness (QED) is 0.641. The summed E-state index contributed by atoms with van der Waals surface area (Å²) in [6.45, 7) is 2.53. The lowest BCUT2D eigenvalue weighted by molar-refractivity contribution is 0.0954. The third kappa shape index (κ3) is 4.27. The second kappa shape index (κ2) is 7.78. The topological polar surface area (TPSA) is 101 Å². The summed E-state index contributed by atoms with van der Waals surface area (Å²) in [7, 11) is 0. The second-order valence-corrected chi connectivity index (χ2v) is 4.15. The van der Waals surface area contributed by atoms with E-state index in [-0.39, 0.29) is 16.6 Å². The Morgan fingerprint density at radius 3 is 2.65 bits per heavy atom. The maximum atomic E-state index is 11.8. The number of rotatable bonds is 5. The van der Waals surface area contributed by atoms with E-state index in [4.69, 9.17) is 22.1 Å². The van der Waals surface area contributed by atoms with Gasteiger partial charge in [0, 0.05) is 6.54 Å². The zero-order valence-corrected chi connectivity index (χ0v) is 11.5. The predicted molar refractivity (Wildman–Crippen MR) is 76.4 cm³/mol. The Labute approximate surface area is 121 Å². The van der Waals surface area contributed by atoms with Crippen molar-refractivity contribution in [1.29, 1.82) is 10.5 Å². The molecule has 7 heteroatoms. The molecule has 0 atom stereocenters. The molecule has 1 aromatic rings. The summed E-state index contributed by atoms with van der Waals surface area (Å²) >= 11 is 6.01. The standard InChI is InChI=1S/C13H12ClN5O/c1-2-5-17-13(20)11-4-3-9(6-12(11)14)18-19-10(7-15)8-16/h3-4,6,18H,2,5H2,1H3,(H,17,20). The van der Waals surface area contributed by atoms with Crippen molar-refractivity contribution in [2.75, 3.05) is 12.0 Å². The summed E-state index contributed by atoms with van der Waals surface area (Å²) in [5.41, 5.74) is 3.06. The molecule has 0 fully saturated rings. The van der Waals surface area contributed by atoms with Gasteiger partial charge in [0.2, 0.25) is 5.71 Å². The van der Waals surface area contributed by atoms with Crippen molar-refractivity contribution < 1.29 is 4.79 Å². The van der Waals surface area contributed by atoms with E-state index in [1.807, 2.05) is 6.92 Å². The third-order valence-corrected chi connectivity index (χ3v) is 2.57. The van der Waals surface area contributed by atoms with Gasteiger partial charge in [-0.15, -0.1) is 0 Å². The molecule has 0 radical (unpaired) electrons. The first-order valence-electron chi connectivity index (χ1n) is 5.84. The summed E-state index contributed by atoms with van der Waals surface area (Å²) in [5, 5.41) is 23.6. The molecule has 0 aliphatic carbocycles. The van der Waals surface area contributed by atoms with Gasteiger partial charge in [0.15, 0.2) is 0 Å². The van der Waals surface area contributed by atoms with Crippen LogP contribution < -0.4 is 10.7 Å². The Morgan fingerprint density at radius 2 is 2.10 bits per heavy atom. The van der Waals surface area contributed by atoms with Crippen molar-refractivity contribution >= 4 is 28.9 Å². The van der Waals surface area contributed by atoms with Crippen LogP contribution >= 0.6 is 11.6 Å². The monoisotopic (exact) mass is 289 g/mol. The van der Waals surface area contributed by atoms with Gasteiger partial charge in [0.05, 0.1) is 16.3 Å². The molecule has 0 heterocycles. The fraction of sp³-hybridized carbons (Fsp3) is 0.231. The SMILES string of the molecule is CCCNC(=O)c1ccc(NN=C(C#N)C#N)cc1Cl. The van der Waals surface area contributed by atoms with E-state index in [0.29, 0.717) is 17.8 Å². The molecule has 0 aliphatic heterocycles. The van der Waals surface area contributed by atoms with Crippen LogP contribution in [0.5, 0.6) is 0 Å². The minimum atomic E-state index is -0.300. The molecule has 0 saturated heterocycles. The number of benzene rings is 1. The van der Waals surface area contributed by atoms with Crippen molar-refractivity contribution in [3.05, 3.63) is 28.8 Å². The summed E-state index contributed by atoms with van der Waals surface area (Å²) in [4.78, 5) is 11.8. The number of nitriles is 2. The molecule has 102 valence electrons. The van der Waals surface area contributed by atoms with Crippen LogP contribution in [-0.2, 0) is 0 Å². The van der Waals surface area contributed by atoms with Crippen LogP contribution in [-0.4, -0.2) is 18.2 Å². The maximum absolute atomic E-state index is 11.8. The van der Waals surface area contributed by atoms with Crippen molar-refractivity contribution in [2.24, 2.45) is 5.10 Å². The molecule has 1 aromatic carbocycles. The van der Waals surface area contributed by atoms with E-state index in [2.05, 4.69) is 15.8 Å². The van der Waals surface area contributed by atoms with Crippen molar-refractivity contribution in [2.45, 2.75) is 13.3 Å². The highest BCUT2D eigenvalue weighted by atomic mass is 35.5. The molecular formula is C13H12ClN5O. The Balaban J connectivity index is 2.84. The van der Waals surface area contributed by atoms with E-state index in [9.17, 15) is 4.79 Å². The van der Waals surface area contributed by atoms with Crippen molar-refractivity contribution in [3.63, 3.8) is 0 Å². The number of hydrogen-bond donors (Lipinski definition) is 2. The fourth-order valence-electron chi connectivity index (χ4n) is 1.30. The van der Waals surface area contributed by atoms with E-state index >= 15 is 0 Å². The van der Waals surface area contributed by atoms with Gasteiger partial charge in [0.1, 0.15) is 12.1 Å². The van der Waals surface area contributed by atoms with Gasteiger partial charge in [-0.1, -0.05) is 18.5 Å². The zero-order chi connectivity index (χ0) is 15.0. The molecular weight excluding hydrogens is 278 g/mol. The molecule has 1 amide bonds. The number of nitrogens with zero attached hydrogens (tertiary/aromatic N) is 3. The molecule has 6 nitrogen and oxygen atoms in total. The lowest BCUT2D eigenvalue weighted by Gasteiger charge is -2.07. The second-order valence-electron chi connectivity index (χ2n) is 3.75. The summed E-state index contributed by atoms with van der Waals surface area (Å²) in [5.74, 6) is -0.248. The van der Waals surface area contributed by atoms with Crippen LogP contribution in [0.4, 0.5) is 5.69 Å². The molecule has 0 saturated carbocycles. The number of amides is 1. The minimum Gasteiger partial charge on any atom is -0.352 e. The molecule has 2 N–H and O–H groups in total. The van der Waals surface area contributed by atoms with Crippen LogP contribution in [0.1, 0.15) is 23.7 Å². The lowest BCUT2D eigenvalue weighted by Crippen LogP contribution is -2.24. The summed E-state index contributed by atoms with van der Waals surface area (Å²) in [6.07, 6.45) is 0.836. The highest BCUT2D eigenvalue weighted by Crippen LogP contribution is 2.21. The Hall–Kier alpha value is -2.57. The van der Waals surface area contributed by atoms with Crippen LogP contribution in [0.15, 0.2) is 23.3 Å². The molecule has 1 rings (SSSR count). The van der Waals surface area contributed by atoms with Crippen LogP contribution in [0.3, 0.4) is 0 Å². The smallest absolute Gasteiger partial charge is 0.252 e. The first kappa shape index (κ1) is 15.5. The predicted octanol–water partition coefficient (Wildman–Crippen LogP) is 2.29. The average Bonchev–Trinajstić information content (AvgIpc) is 2.46. The van der Waals surface area contributed by atoms with Crippen LogP contribution in [0.2, 0.25) is 5.02 Å². The average molecular weight is 290 g/mol. The zero-order valence-electron chi connectivity index (χ0n) is 10.8. The van der Waals surface area contributed by atoms with Crippen LogP contribution in [0, 0.1) is 22.7 Å². The highest BCUT2D eigenvalue weighted by Gasteiger charge is 2.10. The fourth-order valence-corrected chi connectivity index (χ4v) is 1.56. The van der Waals surface area contributed by atoms with Gasteiger partial charge in [-0.3, -0.25) is 10.2 Å². The largest absolute Gasteiger partial charge is 0.352 e. The third-order valence-electron chi connectivity index (χ3n) is 2.26. The van der Waals surface area contributed by atoms with E-state index < -0.39 is 0 Å². The number of carbonyl (C=O) groups is 1. The number of hydrazone groups is 1. The number of hydrogen-bond acceptors (Lipinski definition) is 5. The normalized spacial score (nSPS) is 9.00. The van der Waals surface area contributed by atoms with Crippen molar-refractivity contribution in [3.8, 4) is 12.1 Å². The van der Waals surface area contributed by atoms with Gasteiger partial charge >= 0.3 is 0 Å². The van der Waals surface area contributed by atoms with Gasteiger partial charge in [-0.05, 0) is 24.6 Å². The molecule has 0 aliphatic rings. The molecule has 0 spiro atoms. The van der Waals surface area contributed by atoms with E-state index in [1.165, 1.54) is 6.07 Å². The first-order chi connectivity index (χ1) is 9.62. The van der Waals surface area contributed by atoms with Crippen molar-refractivity contribution in [1.82, 2.24) is 5.32 Å². The molecule has 20 heavy (non-hydrogen) atoms. The minimum absolute atomic E-state index is 0.248. The Kier molecular flexibility index (Phi) is 6.02. The number of anilines is 1. The first-order valence-corrected chi connectivity index (χ1v) is 6.21. The number of halogens is 1. The Morgan fingerprint density at radius 1 is 1.40 bits per heavy atom. The van der Waals surface area contributed by atoms with E-state index in [1.54, 1.807) is 24.3 Å². The maximum Gasteiger partial charge on any atom is 0.252 e. The highest BCUT2D eigenvalue weighted by molar-refractivity contribution is 6.34. The van der Waals surface area contributed by atoms with Gasteiger partial charge < -0.3 is 5.32 Å². The summed E-state index contributed by atoms with van der Waals surface area (Å²) in [6, 6.07) is 7.87. The molecule has 0 aromatic heterocycles. The lowest BCUT2D eigenvalue weighted by atomic mass is 10.2. The van der Waals surface area contributed by atoms with E-state index in [0.717, 1.165) is 6.42 Å². The van der Waals surface area contributed by atoms with Gasteiger partial charge in [0.25, 0.3) is 5.91 Å². The Bertz CT molecular complexity index is 596. The summed E-state index contributed by atoms with van der Waals surface area (Å²) < 4.78 is 0. The van der Waals surface area contributed by atoms with Crippen LogP contribution in [0.25, 0.3) is 0 Å².